The maximum absolute atomic E-state index is 13.3. The molecule has 0 amide bonds. The molecule has 0 fully saturated rings. The van der Waals surface area contributed by atoms with Crippen LogP contribution in [-0.2, 0) is 10.9 Å². The summed E-state index contributed by atoms with van der Waals surface area (Å²) in [5.41, 5.74) is -1.77. The average Bonchev–Trinajstić information content (AvgIpc) is 2.25. The molecule has 0 heterocycles. The first-order chi connectivity index (χ1) is 7.90. The predicted molar refractivity (Wildman–Crippen MR) is 49.3 cm³/mol. The van der Waals surface area contributed by atoms with Crippen molar-refractivity contribution in [1.82, 2.24) is 0 Å². The molecular formula is C10H8F4O3. The molecule has 1 rings (SSSR count). The van der Waals surface area contributed by atoms with E-state index < -0.39 is 35.7 Å². The van der Waals surface area contributed by atoms with Gasteiger partial charge in [0.1, 0.15) is 11.8 Å². The van der Waals surface area contributed by atoms with Crippen LogP contribution in [-0.4, -0.2) is 20.2 Å². The summed E-state index contributed by atoms with van der Waals surface area (Å²) in [4.78, 5) is 10.4. The minimum absolute atomic E-state index is 0.123. The molecule has 0 aliphatic carbocycles. The number of halogens is 4. The fourth-order valence-electron chi connectivity index (χ4n) is 1.16. The molecular weight excluding hydrogens is 244 g/mol. The lowest BCUT2D eigenvalue weighted by atomic mass is 10.1. The Morgan fingerprint density at radius 2 is 2.00 bits per heavy atom. The quantitative estimate of drug-likeness (QED) is 0.469. The van der Waals surface area contributed by atoms with Crippen LogP contribution in [0.2, 0.25) is 0 Å². The van der Waals surface area contributed by atoms with Gasteiger partial charge in [-0.1, -0.05) is 0 Å². The summed E-state index contributed by atoms with van der Waals surface area (Å²) in [6.07, 6.45) is -4.69. The SMILES string of the molecule is COCOc1c(F)cc(C=O)cc1C(F)(F)F. The molecule has 0 aliphatic rings. The second-order valence-electron chi connectivity index (χ2n) is 3.05. The molecule has 0 atom stereocenters. The minimum Gasteiger partial charge on any atom is -0.464 e. The van der Waals surface area contributed by atoms with Gasteiger partial charge in [0.2, 0.25) is 0 Å². The molecule has 17 heavy (non-hydrogen) atoms. The standard InChI is InChI=1S/C10H8F4O3/c1-16-5-17-9-7(10(12,13)14)2-6(4-15)3-8(9)11/h2-4H,5H2,1H3. The topological polar surface area (TPSA) is 35.5 Å². The second-order valence-corrected chi connectivity index (χ2v) is 3.05. The predicted octanol–water partition coefficient (Wildman–Crippen LogP) is 2.64. The highest BCUT2D eigenvalue weighted by Gasteiger charge is 2.36. The third kappa shape index (κ3) is 3.16. The number of aldehydes is 1. The first-order valence-corrected chi connectivity index (χ1v) is 4.37. The number of alkyl halides is 3. The molecule has 0 radical (unpaired) electrons. The summed E-state index contributed by atoms with van der Waals surface area (Å²) in [6, 6.07) is 1.17. The summed E-state index contributed by atoms with van der Waals surface area (Å²) in [7, 11) is 1.19. The first-order valence-electron chi connectivity index (χ1n) is 4.37. The largest absolute Gasteiger partial charge is 0.464 e. The van der Waals surface area contributed by atoms with E-state index in [0.717, 1.165) is 0 Å². The van der Waals surface area contributed by atoms with E-state index >= 15 is 0 Å². The zero-order valence-electron chi connectivity index (χ0n) is 8.68. The fourth-order valence-corrected chi connectivity index (χ4v) is 1.16. The minimum atomic E-state index is -4.82. The molecule has 0 aliphatic heterocycles. The Kier molecular flexibility index (Phi) is 4.06. The van der Waals surface area contributed by atoms with Crippen LogP contribution in [0.15, 0.2) is 12.1 Å². The van der Waals surface area contributed by atoms with E-state index in [1.165, 1.54) is 7.11 Å². The maximum Gasteiger partial charge on any atom is 0.420 e. The van der Waals surface area contributed by atoms with Gasteiger partial charge in [0.15, 0.2) is 18.4 Å². The van der Waals surface area contributed by atoms with Crippen molar-refractivity contribution in [2.45, 2.75) is 6.18 Å². The van der Waals surface area contributed by atoms with E-state index in [2.05, 4.69) is 9.47 Å². The number of carbonyl (C=O) groups excluding carboxylic acids is 1. The van der Waals surface area contributed by atoms with E-state index in [0.29, 0.717) is 12.1 Å². The van der Waals surface area contributed by atoms with Gasteiger partial charge in [0.05, 0.1) is 0 Å². The molecule has 0 bridgehead atoms. The lowest BCUT2D eigenvalue weighted by molar-refractivity contribution is -0.140. The Morgan fingerprint density at radius 1 is 1.35 bits per heavy atom. The molecule has 0 aromatic heterocycles. The van der Waals surface area contributed by atoms with Gasteiger partial charge in [-0.25, -0.2) is 4.39 Å². The van der Waals surface area contributed by atoms with Crippen LogP contribution >= 0.6 is 0 Å². The van der Waals surface area contributed by atoms with E-state index in [1.54, 1.807) is 0 Å². The van der Waals surface area contributed by atoms with Gasteiger partial charge < -0.3 is 9.47 Å². The lowest BCUT2D eigenvalue weighted by Gasteiger charge is -2.14. The molecule has 0 spiro atoms. The summed E-state index contributed by atoms with van der Waals surface area (Å²) >= 11 is 0. The van der Waals surface area contributed by atoms with Gasteiger partial charge in [0, 0.05) is 12.7 Å². The van der Waals surface area contributed by atoms with Crippen LogP contribution in [0.1, 0.15) is 15.9 Å². The van der Waals surface area contributed by atoms with Crippen LogP contribution < -0.4 is 4.74 Å². The van der Waals surface area contributed by atoms with Crippen LogP contribution in [0.5, 0.6) is 5.75 Å². The lowest BCUT2D eigenvalue weighted by Crippen LogP contribution is -2.12. The number of rotatable bonds is 4. The zero-order chi connectivity index (χ0) is 13.1. The summed E-state index contributed by atoms with van der Waals surface area (Å²) < 4.78 is 59.9. The van der Waals surface area contributed by atoms with Crippen molar-refractivity contribution >= 4 is 6.29 Å². The van der Waals surface area contributed by atoms with Gasteiger partial charge in [-0.05, 0) is 12.1 Å². The molecule has 3 nitrogen and oxygen atoms in total. The van der Waals surface area contributed by atoms with Crippen molar-refractivity contribution in [2.75, 3.05) is 13.9 Å². The van der Waals surface area contributed by atoms with Crippen molar-refractivity contribution in [3.05, 3.63) is 29.1 Å². The fraction of sp³-hybridized carbons (Fsp3) is 0.300. The molecule has 1 aromatic carbocycles. The number of methoxy groups -OCH3 is 1. The number of carbonyl (C=O) groups is 1. The Balaban J connectivity index is 3.29. The van der Waals surface area contributed by atoms with Crippen molar-refractivity contribution in [2.24, 2.45) is 0 Å². The van der Waals surface area contributed by atoms with Crippen molar-refractivity contribution < 1.29 is 31.8 Å². The summed E-state index contributed by atoms with van der Waals surface area (Å²) in [6.45, 7) is -0.527. The Labute approximate surface area is 93.9 Å². The van der Waals surface area contributed by atoms with E-state index in [4.69, 9.17) is 0 Å². The van der Waals surface area contributed by atoms with E-state index in [9.17, 15) is 22.4 Å². The van der Waals surface area contributed by atoms with E-state index in [-0.39, 0.29) is 6.29 Å². The van der Waals surface area contributed by atoms with Gasteiger partial charge in [-0.3, -0.25) is 4.79 Å². The summed E-state index contributed by atoms with van der Waals surface area (Å²) in [5, 5.41) is 0. The monoisotopic (exact) mass is 252 g/mol. The van der Waals surface area contributed by atoms with Crippen molar-refractivity contribution in [3.8, 4) is 5.75 Å². The third-order valence-corrected chi connectivity index (χ3v) is 1.83. The average molecular weight is 252 g/mol. The highest BCUT2D eigenvalue weighted by atomic mass is 19.4. The Morgan fingerprint density at radius 3 is 2.47 bits per heavy atom. The van der Waals surface area contributed by atoms with Gasteiger partial charge >= 0.3 is 6.18 Å². The molecule has 0 unspecified atom stereocenters. The highest BCUT2D eigenvalue weighted by Crippen LogP contribution is 2.38. The number of hydrogen-bond acceptors (Lipinski definition) is 3. The molecule has 0 saturated carbocycles. The van der Waals surface area contributed by atoms with Crippen LogP contribution in [0.3, 0.4) is 0 Å². The van der Waals surface area contributed by atoms with E-state index in [1.807, 2.05) is 0 Å². The molecule has 0 N–H and O–H groups in total. The smallest absolute Gasteiger partial charge is 0.420 e. The van der Waals surface area contributed by atoms with Gasteiger partial charge in [-0.2, -0.15) is 13.2 Å². The number of benzene rings is 1. The normalized spacial score (nSPS) is 11.4. The van der Waals surface area contributed by atoms with Crippen molar-refractivity contribution in [3.63, 3.8) is 0 Å². The number of hydrogen-bond donors (Lipinski definition) is 0. The zero-order valence-corrected chi connectivity index (χ0v) is 8.68. The molecule has 0 saturated heterocycles. The Bertz CT molecular complexity index is 415. The molecule has 1 aromatic rings. The van der Waals surface area contributed by atoms with Gasteiger partial charge in [-0.15, -0.1) is 0 Å². The third-order valence-electron chi connectivity index (χ3n) is 1.83. The van der Waals surface area contributed by atoms with Crippen LogP contribution in [0, 0.1) is 5.82 Å². The molecule has 94 valence electrons. The maximum atomic E-state index is 13.3. The summed E-state index contributed by atoms with van der Waals surface area (Å²) in [5.74, 6) is -2.25. The van der Waals surface area contributed by atoms with Crippen molar-refractivity contribution in [1.29, 1.82) is 0 Å². The molecule has 7 heteroatoms. The first kappa shape index (κ1) is 13.4. The van der Waals surface area contributed by atoms with Crippen LogP contribution in [0.4, 0.5) is 17.6 Å². The second kappa shape index (κ2) is 5.13. The highest BCUT2D eigenvalue weighted by molar-refractivity contribution is 5.76. The van der Waals surface area contributed by atoms with Crippen LogP contribution in [0.25, 0.3) is 0 Å². The van der Waals surface area contributed by atoms with Gasteiger partial charge in [0.25, 0.3) is 0 Å². The Hall–Kier alpha value is -1.63. The number of ether oxygens (including phenoxy) is 2.